The Labute approximate surface area is 93.0 Å². The Balaban J connectivity index is 1.79. The van der Waals surface area contributed by atoms with Crippen LogP contribution < -0.4 is 11.3 Å². The summed E-state index contributed by atoms with van der Waals surface area (Å²) in [4.78, 5) is 0. The van der Waals surface area contributed by atoms with Gasteiger partial charge in [-0.1, -0.05) is 6.92 Å². The standard InChI is InChI=1S/C13H24N2/c1-2-12(15-14)13-10-4-8-3-9(6-10)7-11(13)5-8/h8-13,15H,2-7,14H2,1H3. The third-order valence-corrected chi connectivity index (χ3v) is 5.42. The van der Waals surface area contributed by atoms with Crippen LogP contribution in [0.15, 0.2) is 0 Å². The molecule has 15 heavy (non-hydrogen) atoms. The van der Waals surface area contributed by atoms with Crippen molar-refractivity contribution in [2.24, 2.45) is 35.4 Å². The molecule has 0 aliphatic heterocycles. The second-order valence-corrected chi connectivity index (χ2v) is 6.19. The minimum absolute atomic E-state index is 0.583. The van der Waals surface area contributed by atoms with Gasteiger partial charge in [0, 0.05) is 6.04 Å². The zero-order valence-corrected chi connectivity index (χ0v) is 9.78. The number of rotatable bonds is 3. The maximum absolute atomic E-state index is 5.71. The SMILES string of the molecule is CCC(NN)C1C2CC3CC(C2)CC1C3. The average molecular weight is 208 g/mol. The second kappa shape index (κ2) is 3.74. The normalized spacial score (nSPS) is 49.6. The maximum atomic E-state index is 5.71. The summed E-state index contributed by atoms with van der Waals surface area (Å²) in [6, 6.07) is 0.583. The van der Waals surface area contributed by atoms with Crippen molar-refractivity contribution < 1.29 is 0 Å². The number of hydrazine groups is 1. The van der Waals surface area contributed by atoms with Crippen molar-refractivity contribution in [3.63, 3.8) is 0 Å². The Bertz CT molecular complexity index is 207. The third kappa shape index (κ3) is 1.53. The fraction of sp³-hybridized carbons (Fsp3) is 1.00. The summed E-state index contributed by atoms with van der Waals surface area (Å²) in [6.07, 6.45) is 8.79. The Morgan fingerprint density at radius 2 is 1.60 bits per heavy atom. The van der Waals surface area contributed by atoms with Crippen molar-refractivity contribution >= 4 is 0 Å². The van der Waals surface area contributed by atoms with Gasteiger partial charge in [-0.15, -0.1) is 0 Å². The first-order chi connectivity index (χ1) is 7.31. The van der Waals surface area contributed by atoms with E-state index in [-0.39, 0.29) is 0 Å². The fourth-order valence-electron chi connectivity index (χ4n) is 5.13. The van der Waals surface area contributed by atoms with Crippen LogP contribution in [-0.4, -0.2) is 6.04 Å². The van der Waals surface area contributed by atoms with E-state index in [1.165, 1.54) is 32.1 Å². The lowest BCUT2D eigenvalue weighted by Crippen LogP contribution is -2.54. The monoisotopic (exact) mass is 208 g/mol. The summed E-state index contributed by atoms with van der Waals surface area (Å²) in [5.41, 5.74) is 3.08. The molecule has 1 atom stereocenters. The molecule has 0 spiro atoms. The summed E-state index contributed by atoms with van der Waals surface area (Å²) >= 11 is 0. The molecule has 4 aliphatic carbocycles. The molecular weight excluding hydrogens is 184 g/mol. The zero-order chi connectivity index (χ0) is 10.4. The van der Waals surface area contributed by atoms with Gasteiger partial charge < -0.3 is 0 Å². The van der Waals surface area contributed by atoms with E-state index in [1.54, 1.807) is 6.42 Å². The van der Waals surface area contributed by atoms with Gasteiger partial charge in [0.1, 0.15) is 0 Å². The van der Waals surface area contributed by atoms with Crippen LogP contribution in [0, 0.1) is 29.6 Å². The highest BCUT2D eigenvalue weighted by Gasteiger charge is 2.49. The maximum Gasteiger partial charge on any atom is 0.0241 e. The number of nitrogens with one attached hydrogen (secondary N) is 1. The summed E-state index contributed by atoms with van der Waals surface area (Å²) in [6.45, 7) is 2.27. The molecule has 0 aromatic carbocycles. The van der Waals surface area contributed by atoms with Gasteiger partial charge in [0.05, 0.1) is 0 Å². The van der Waals surface area contributed by atoms with Crippen LogP contribution in [0.1, 0.15) is 45.4 Å². The van der Waals surface area contributed by atoms with Crippen LogP contribution >= 0.6 is 0 Å². The van der Waals surface area contributed by atoms with Gasteiger partial charge in [-0.2, -0.15) is 0 Å². The van der Waals surface area contributed by atoms with Gasteiger partial charge in [-0.25, -0.2) is 0 Å². The molecule has 4 aliphatic rings. The van der Waals surface area contributed by atoms with E-state index >= 15 is 0 Å². The Morgan fingerprint density at radius 1 is 1.07 bits per heavy atom. The Kier molecular flexibility index (Phi) is 2.52. The van der Waals surface area contributed by atoms with Crippen molar-refractivity contribution in [2.45, 2.75) is 51.5 Å². The quantitative estimate of drug-likeness (QED) is 0.552. The van der Waals surface area contributed by atoms with Crippen LogP contribution in [0.4, 0.5) is 0 Å². The van der Waals surface area contributed by atoms with Gasteiger partial charge in [0.15, 0.2) is 0 Å². The predicted molar refractivity (Wildman–Crippen MR) is 61.9 cm³/mol. The van der Waals surface area contributed by atoms with Gasteiger partial charge >= 0.3 is 0 Å². The van der Waals surface area contributed by atoms with Crippen LogP contribution in [0.5, 0.6) is 0 Å². The van der Waals surface area contributed by atoms with E-state index in [2.05, 4.69) is 12.3 Å². The molecule has 4 bridgehead atoms. The first-order valence-corrected chi connectivity index (χ1v) is 6.78. The highest BCUT2D eigenvalue weighted by atomic mass is 15.2. The lowest BCUT2D eigenvalue weighted by molar-refractivity contribution is -0.0523. The molecule has 0 aromatic heterocycles. The first kappa shape index (κ1) is 10.1. The number of hydrogen-bond acceptors (Lipinski definition) is 2. The lowest BCUT2D eigenvalue weighted by Gasteiger charge is -2.56. The van der Waals surface area contributed by atoms with Crippen LogP contribution in [0.2, 0.25) is 0 Å². The predicted octanol–water partition coefficient (Wildman–Crippen LogP) is 2.30. The molecule has 0 heterocycles. The lowest BCUT2D eigenvalue weighted by atomic mass is 9.50. The number of hydrogen-bond donors (Lipinski definition) is 2. The van der Waals surface area contributed by atoms with E-state index in [0.717, 1.165) is 29.6 Å². The van der Waals surface area contributed by atoms with E-state index in [0.29, 0.717) is 6.04 Å². The molecule has 86 valence electrons. The Morgan fingerprint density at radius 3 is 2.00 bits per heavy atom. The van der Waals surface area contributed by atoms with Crippen molar-refractivity contribution in [3.05, 3.63) is 0 Å². The van der Waals surface area contributed by atoms with Gasteiger partial charge in [0.2, 0.25) is 0 Å². The molecule has 4 fully saturated rings. The van der Waals surface area contributed by atoms with Crippen molar-refractivity contribution in [3.8, 4) is 0 Å². The Hall–Kier alpha value is -0.0800. The largest absolute Gasteiger partial charge is 0.271 e. The van der Waals surface area contributed by atoms with Gasteiger partial charge in [0.25, 0.3) is 0 Å². The molecule has 4 rings (SSSR count). The molecule has 2 heteroatoms. The van der Waals surface area contributed by atoms with Crippen LogP contribution in [0.25, 0.3) is 0 Å². The molecule has 0 radical (unpaired) electrons. The molecule has 0 amide bonds. The van der Waals surface area contributed by atoms with Crippen LogP contribution in [-0.2, 0) is 0 Å². The van der Waals surface area contributed by atoms with E-state index in [9.17, 15) is 0 Å². The van der Waals surface area contributed by atoms with Crippen molar-refractivity contribution in [1.29, 1.82) is 0 Å². The summed E-state index contributed by atoms with van der Waals surface area (Å²) in [5.74, 6) is 10.8. The molecular formula is C13H24N2. The summed E-state index contributed by atoms with van der Waals surface area (Å²) < 4.78 is 0. The van der Waals surface area contributed by atoms with Crippen molar-refractivity contribution in [2.75, 3.05) is 0 Å². The zero-order valence-electron chi connectivity index (χ0n) is 9.78. The molecule has 0 saturated heterocycles. The highest BCUT2D eigenvalue weighted by molar-refractivity contribution is 5.00. The average Bonchev–Trinajstić information content (AvgIpc) is 2.22. The second-order valence-electron chi connectivity index (χ2n) is 6.19. The highest BCUT2D eigenvalue weighted by Crippen LogP contribution is 2.57. The van der Waals surface area contributed by atoms with Gasteiger partial charge in [-0.05, 0) is 68.1 Å². The molecule has 0 aromatic rings. The van der Waals surface area contributed by atoms with Crippen LogP contribution in [0.3, 0.4) is 0 Å². The third-order valence-electron chi connectivity index (χ3n) is 5.42. The van der Waals surface area contributed by atoms with E-state index in [1.807, 2.05) is 0 Å². The van der Waals surface area contributed by atoms with E-state index in [4.69, 9.17) is 5.84 Å². The molecule has 4 saturated carbocycles. The fourth-order valence-corrected chi connectivity index (χ4v) is 5.13. The van der Waals surface area contributed by atoms with Gasteiger partial charge in [-0.3, -0.25) is 11.3 Å². The summed E-state index contributed by atoms with van der Waals surface area (Å²) in [5, 5.41) is 0. The topological polar surface area (TPSA) is 38.0 Å². The molecule has 3 N–H and O–H groups in total. The molecule has 2 nitrogen and oxygen atoms in total. The smallest absolute Gasteiger partial charge is 0.0241 e. The number of nitrogens with two attached hydrogens (primary N) is 1. The first-order valence-electron chi connectivity index (χ1n) is 6.78. The van der Waals surface area contributed by atoms with Crippen molar-refractivity contribution in [1.82, 2.24) is 5.43 Å². The van der Waals surface area contributed by atoms with E-state index < -0.39 is 0 Å². The summed E-state index contributed by atoms with van der Waals surface area (Å²) in [7, 11) is 0. The minimum atomic E-state index is 0.583. The minimum Gasteiger partial charge on any atom is -0.271 e. The molecule has 1 unspecified atom stereocenters.